The Kier molecular flexibility index (Phi) is 6.63. The molecule has 0 radical (unpaired) electrons. The van der Waals surface area contributed by atoms with Crippen molar-refractivity contribution in [3.63, 3.8) is 0 Å². The Balaban J connectivity index is 1.72. The van der Waals surface area contributed by atoms with Gasteiger partial charge in [-0.05, 0) is 80.7 Å². The van der Waals surface area contributed by atoms with Crippen molar-refractivity contribution < 1.29 is 8.78 Å². The number of benzene rings is 3. The molecule has 42 heavy (non-hydrogen) atoms. The summed E-state index contributed by atoms with van der Waals surface area (Å²) < 4.78 is 30.8. The smallest absolute Gasteiger partial charge is 0.235 e. The molecule has 220 valence electrons. The van der Waals surface area contributed by atoms with Crippen molar-refractivity contribution >= 4 is 42.4 Å². The van der Waals surface area contributed by atoms with E-state index in [0.29, 0.717) is 6.42 Å². The molecule has 2 heterocycles. The van der Waals surface area contributed by atoms with Crippen molar-refractivity contribution in [3.8, 4) is 11.3 Å². The summed E-state index contributed by atoms with van der Waals surface area (Å²) in [5.41, 5.74) is 6.51. The van der Waals surface area contributed by atoms with Gasteiger partial charge in [0.2, 0.25) is 6.43 Å². The molecule has 2 aromatic heterocycles. The minimum absolute atomic E-state index is 0.0311. The van der Waals surface area contributed by atoms with Gasteiger partial charge in [-0.3, -0.25) is 0 Å². The monoisotopic (exact) mass is 584 g/mol. The molecular formula is C37H42F2N2S. The fourth-order valence-electron chi connectivity index (χ4n) is 6.90. The highest BCUT2D eigenvalue weighted by molar-refractivity contribution is 7.26. The highest BCUT2D eigenvalue weighted by Gasteiger charge is 2.41. The summed E-state index contributed by atoms with van der Waals surface area (Å²) in [5.74, 6) is 0. The van der Waals surface area contributed by atoms with Gasteiger partial charge in [-0.1, -0.05) is 92.6 Å². The third-order valence-electron chi connectivity index (χ3n) is 9.57. The molecule has 0 spiro atoms. The Morgan fingerprint density at radius 1 is 0.881 bits per heavy atom. The number of halogens is 2. The average molecular weight is 585 g/mol. The van der Waals surface area contributed by atoms with Gasteiger partial charge in [-0.2, -0.15) is 0 Å². The van der Waals surface area contributed by atoms with Crippen molar-refractivity contribution in [3.05, 3.63) is 71.0 Å². The van der Waals surface area contributed by atoms with Crippen molar-refractivity contribution in [2.45, 2.75) is 104 Å². The zero-order valence-electron chi connectivity index (χ0n) is 26.4. The van der Waals surface area contributed by atoms with Crippen LogP contribution in [0.5, 0.6) is 0 Å². The number of alkyl halides is 2. The van der Waals surface area contributed by atoms with Gasteiger partial charge in [-0.15, -0.1) is 11.3 Å². The first-order valence-corrected chi connectivity index (χ1v) is 15.9. The lowest BCUT2D eigenvalue weighted by Gasteiger charge is -2.42. The molecule has 2 nitrogen and oxygen atoms in total. The molecule has 5 aromatic rings. The second kappa shape index (κ2) is 9.54. The maximum atomic E-state index is 14.3. The zero-order valence-corrected chi connectivity index (χ0v) is 27.2. The van der Waals surface area contributed by atoms with Crippen LogP contribution in [-0.4, -0.2) is 16.4 Å². The largest absolute Gasteiger partial charge is 0.243 e. The van der Waals surface area contributed by atoms with E-state index in [1.807, 2.05) is 0 Å². The van der Waals surface area contributed by atoms with Crippen LogP contribution < -0.4 is 0 Å². The fraction of sp³-hybridized carbons (Fsp3) is 0.459. The minimum Gasteiger partial charge on any atom is -0.235 e. The van der Waals surface area contributed by atoms with Gasteiger partial charge in [-0.25, -0.2) is 18.7 Å². The topological polar surface area (TPSA) is 25.8 Å². The van der Waals surface area contributed by atoms with E-state index in [4.69, 9.17) is 9.97 Å². The Morgan fingerprint density at radius 3 is 2.26 bits per heavy atom. The number of aromatic nitrogens is 2. The minimum atomic E-state index is -2.42. The second-order valence-electron chi connectivity index (χ2n) is 15.4. The van der Waals surface area contributed by atoms with E-state index >= 15 is 0 Å². The van der Waals surface area contributed by atoms with Gasteiger partial charge in [0.05, 0.1) is 15.9 Å². The summed E-state index contributed by atoms with van der Waals surface area (Å²) in [6.07, 6.45) is 1.68. The third kappa shape index (κ3) is 4.63. The lowest BCUT2D eigenvalue weighted by molar-refractivity contribution is 0.0202. The summed E-state index contributed by atoms with van der Waals surface area (Å²) in [4.78, 5) is 9.76. The van der Waals surface area contributed by atoms with Crippen LogP contribution in [-0.2, 0) is 22.7 Å². The van der Waals surface area contributed by atoms with Crippen LogP contribution in [0.1, 0.15) is 97.4 Å². The van der Waals surface area contributed by atoms with Crippen molar-refractivity contribution in [1.82, 2.24) is 9.97 Å². The molecule has 0 fully saturated rings. The van der Waals surface area contributed by atoms with Crippen LogP contribution >= 0.6 is 11.3 Å². The maximum Gasteiger partial charge on any atom is 0.243 e. The molecule has 0 bridgehead atoms. The number of hydrogen-bond acceptors (Lipinski definition) is 3. The molecule has 3 aromatic carbocycles. The highest BCUT2D eigenvalue weighted by Crippen LogP contribution is 2.53. The number of hydrogen-bond donors (Lipinski definition) is 0. The van der Waals surface area contributed by atoms with E-state index < -0.39 is 11.8 Å². The predicted octanol–water partition coefficient (Wildman–Crippen LogP) is 11.1. The van der Waals surface area contributed by atoms with E-state index in [1.165, 1.54) is 32.2 Å². The molecule has 0 unspecified atom stereocenters. The SMILES string of the molecule is CC(C)(C)c1cc(-c2ncnc3c2sc2c4c(cc(CC(C)(C)C(F)F)c23)C(C)(C)CCC4(C)C)cc2ccccc12. The van der Waals surface area contributed by atoms with Crippen LogP contribution in [0.15, 0.2) is 48.8 Å². The number of thiophene rings is 1. The first kappa shape index (κ1) is 29.2. The molecular weight excluding hydrogens is 542 g/mol. The summed E-state index contributed by atoms with van der Waals surface area (Å²) in [5, 5.41) is 3.48. The van der Waals surface area contributed by atoms with Crippen LogP contribution in [0.25, 0.3) is 42.3 Å². The molecule has 6 rings (SSSR count). The van der Waals surface area contributed by atoms with E-state index in [1.54, 1.807) is 31.5 Å². The van der Waals surface area contributed by atoms with Crippen molar-refractivity contribution in [2.75, 3.05) is 0 Å². The highest BCUT2D eigenvalue weighted by atomic mass is 32.1. The molecule has 1 aliphatic carbocycles. The lowest BCUT2D eigenvalue weighted by atomic mass is 9.62. The van der Waals surface area contributed by atoms with Gasteiger partial charge in [0, 0.05) is 21.1 Å². The molecule has 0 aliphatic heterocycles. The number of nitrogens with zero attached hydrogens (tertiary/aromatic N) is 2. The number of rotatable bonds is 4. The van der Waals surface area contributed by atoms with Crippen molar-refractivity contribution in [1.29, 1.82) is 0 Å². The molecule has 0 amide bonds. The van der Waals surface area contributed by atoms with Crippen LogP contribution in [0, 0.1) is 5.41 Å². The average Bonchev–Trinajstić information content (AvgIpc) is 3.29. The Bertz CT molecular complexity index is 1850. The standard InChI is InChI=1S/C37H42F2N2S/c1-34(2,3)25-17-22(16-21-12-10-11-13-24(21)25)29-32-30(41-20-40-29)27-23(19-37(8,9)33(38)39)18-26-28(31(27)42-32)36(6,7)15-14-35(26,4)5/h10-13,16-18,20,33H,14-15,19H2,1-9H3. The Hall–Kier alpha value is -2.92. The molecule has 0 atom stereocenters. The van der Waals surface area contributed by atoms with Crippen LogP contribution in [0.3, 0.4) is 0 Å². The second-order valence-corrected chi connectivity index (χ2v) is 16.4. The van der Waals surface area contributed by atoms with Gasteiger partial charge >= 0.3 is 0 Å². The van der Waals surface area contributed by atoms with E-state index in [9.17, 15) is 8.78 Å². The summed E-state index contributed by atoms with van der Waals surface area (Å²) in [7, 11) is 0. The zero-order chi connectivity index (χ0) is 30.4. The van der Waals surface area contributed by atoms with Gasteiger partial charge in [0.25, 0.3) is 0 Å². The Morgan fingerprint density at radius 2 is 1.57 bits per heavy atom. The molecule has 0 N–H and O–H groups in total. The quantitative estimate of drug-likeness (QED) is 0.210. The normalized spacial score (nSPS) is 17.0. The maximum absolute atomic E-state index is 14.3. The molecule has 0 saturated carbocycles. The first-order chi connectivity index (χ1) is 19.5. The van der Waals surface area contributed by atoms with Crippen molar-refractivity contribution in [2.24, 2.45) is 5.41 Å². The molecule has 5 heteroatoms. The van der Waals surface area contributed by atoms with Gasteiger partial charge in [0.15, 0.2) is 0 Å². The number of fused-ring (bicyclic) bond motifs is 6. The van der Waals surface area contributed by atoms with Crippen LogP contribution in [0.4, 0.5) is 8.78 Å². The molecule has 0 saturated heterocycles. The van der Waals surface area contributed by atoms with E-state index in [2.05, 4.69) is 90.9 Å². The van der Waals surface area contributed by atoms with E-state index in [-0.39, 0.29) is 16.2 Å². The summed E-state index contributed by atoms with van der Waals surface area (Å²) >= 11 is 1.76. The van der Waals surface area contributed by atoms with Gasteiger partial charge in [0.1, 0.15) is 6.33 Å². The summed E-state index contributed by atoms with van der Waals surface area (Å²) in [6, 6.07) is 15.3. The predicted molar refractivity (Wildman–Crippen MR) is 175 cm³/mol. The summed E-state index contributed by atoms with van der Waals surface area (Å²) in [6.45, 7) is 19.4. The molecule has 1 aliphatic rings. The van der Waals surface area contributed by atoms with E-state index in [0.717, 1.165) is 45.3 Å². The first-order valence-electron chi connectivity index (χ1n) is 15.1. The van der Waals surface area contributed by atoms with Crippen LogP contribution in [0.2, 0.25) is 0 Å². The Labute approximate surface area is 252 Å². The lowest BCUT2D eigenvalue weighted by Crippen LogP contribution is -2.34. The third-order valence-corrected chi connectivity index (χ3v) is 10.8. The fourth-order valence-corrected chi connectivity index (χ4v) is 8.44. The van der Waals surface area contributed by atoms with Gasteiger partial charge < -0.3 is 0 Å².